The molecule has 0 aliphatic carbocycles. The standard InChI is InChI=1S/C11H8ClF3N2/c12-5-7-6-16-17(10(7)11(14)15)9-4-2-1-3-8(9)13/h1-4,6,11H,5H2. The average Bonchev–Trinajstić information content (AvgIpc) is 2.73. The van der Waals surface area contributed by atoms with Crippen LogP contribution in [-0.2, 0) is 5.88 Å². The van der Waals surface area contributed by atoms with Crippen molar-refractivity contribution >= 4 is 11.6 Å². The fourth-order valence-corrected chi connectivity index (χ4v) is 1.75. The Bertz CT molecular complexity index is 525. The summed E-state index contributed by atoms with van der Waals surface area (Å²) < 4.78 is 40.1. The predicted octanol–water partition coefficient (Wildman–Crippen LogP) is 3.69. The molecule has 2 nitrogen and oxygen atoms in total. The van der Waals surface area contributed by atoms with Gasteiger partial charge in [-0.05, 0) is 12.1 Å². The van der Waals surface area contributed by atoms with E-state index in [0.29, 0.717) is 0 Å². The van der Waals surface area contributed by atoms with Gasteiger partial charge in [0, 0.05) is 5.56 Å². The molecule has 0 atom stereocenters. The summed E-state index contributed by atoms with van der Waals surface area (Å²) >= 11 is 5.54. The third-order valence-electron chi connectivity index (χ3n) is 2.32. The highest BCUT2D eigenvalue weighted by Gasteiger charge is 2.21. The number of hydrogen-bond donors (Lipinski definition) is 0. The highest BCUT2D eigenvalue weighted by Crippen LogP contribution is 2.27. The van der Waals surface area contributed by atoms with E-state index in [1.165, 1.54) is 24.4 Å². The lowest BCUT2D eigenvalue weighted by Crippen LogP contribution is -2.05. The van der Waals surface area contributed by atoms with E-state index < -0.39 is 12.2 Å². The second kappa shape index (κ2) is 4.79. The fourth-order valence-electron chi connectivity index (χ4n) is 1.54. The molecule has 0 N–H and O–H groups in total. The van der Waals surface area contributed by atoms with Gasteiger partial charge in [-0.25, -0.2) is 17.9 Å². The van der Waals surface area contributed by atoms with Gasteiger partial charge in [0.15, 0.2) is 0 Å². The smallest absolute Gasteiger partial charge is 0.229 e. The van der Waals surface area contributed by atoms with Crippen LogP contribution in [0.5, 0.6) is 0 Å². The number of aromatic nitrogens is 2. The minimum absolute atomic E-state index is 0.0147. The van der Waals surface area contributed by atoms with Crippen LogP contribution in [0, 0.1) is 5.82 Å². The Morgan fingerprint density at radius 1 is 1.29 bits per heavy atom. The zero-order valence-corrected chi connectivity index (χ0v) is 9.33. The molecule has 1 heterocycles. The Morgan fingerprint density at radius 2 is 2.00 bits per heavy atom. The van der Waals surface area contributed by atoms with E-state index in [9.17, 15) is 13.2 Å². The van der Waals surface area contributed by atoms with Gasteiger partial charge >= 0.3 is 0 Å². The molecule has 0 bridgehead atoms. The number of benzene rings is 1. The topological polar surface area (TPSA) is 17.8 Å². The summed E-state index contributed by atoms with van der Waals surface area (Å²) in [5.41, 5.74) is -0.186. The summed E-state index contributed by atoms with van der Waals surface area (Å²) in [6, 6.07) is 5.60. The number of para-hydroxylation sites is 1. The quantitative estimate of drug-likeness (QED) is 0.770. The van der Waals surface area contributed by atoms with Gasteiger partial charge in [0.2, 0.25) is 0 Å². The van der Waals surface area contributed by atoms with Crippen LogP contribution < -0.4 is 0 Å². The Kier molecular flexibility index (Phi) is 3.38. The molecule has 0 spiro atoms. The van der Waals surface area contributed by atoms with Gasteiger partial charge in [-0.3, -0.25) is 0 Å². The van der Waals surface area contributed by atoms with E-state index in [1.807, 2.05) is 0 Å². The molecular formula is C11H8ClF3N2. The molecule has 90 valence electrons. The molecule has 0 unspecified atom stereocenters. The first kappa shape index (κ1) is 12.0. The van der Waals surface area contributed by atoms with Crippen molar-refractivity contribution in [1.82, 2.24) is 9.78 Å². The number of alkyl halides is 3. The van der Waals surface area contributed by atoms with Crippen LogP contribution in [0.4, 0.5) is 13.2 Å². The summed E-state index contributed by atoms with van der Waals surface area (Å²) in [6.07, 6.45) is -1.54. The van der Waals surface area contributed by atoms with Crippen LogP contribution in [0.15, 0.2) is 30.5 Å². The van der Waals surface area contributed by atoms with Crippen LogP contribution in [-0.4, -0.2) is 9.78 Å². The number of nitrogens with zero attached hydrogens (tertiary/aromatic N) is 2. The van der Waals surface area contributed by atoms with Gasteiger partial charge in [0.05, 0.1) is 12.1 Å². The summed E-state index contributed by atoms with van der Waals surface area (Å²) in [6.45, 7) is 0. The SMILES string of the molecule is Fc1ccccc1-n1ncc(CCl)c1C(F)F. The van der Waals surface area contributed by atoms with Crippen LogP contribution in [0.25, 0.3) is 5.69 Å². The molecule has 1 aromatic carbocycles. The first-order valence-corrected chi connectivity index (χ1v) is 5.34. The average molecular weight is 261 g/mol. The summed E-state index contributed by atoms with van der Waals surface area (Å²) in [4.78, 5) is 0. The highest BCUT2D eigenvalue weighted by molar-refractivity contribution is 6.17. The molecule has 1 aromatic heterocycles. The Hall–Kier alpha value is -1.49. The van der Waals surface area contributed by atoms with Crippen molar-refractivity contribution in [2.75, 3.05) is 0 Å². The molecule has 0 radical (unpaired) electrons. The second-order valence-electron chi connectivity index (χ2n) is 3.35. The first-order chi connectivity index (χ1) is 8.15. The molecule has 0 aliphatic heterocycles. The third-order valence-corrected chi connectivity index (χ3v) is 2.61. The van der Waals surface area contributed by atoms with E-state index in [2.05, 4.69) is 5.10 Å². The second-order valence-corrected chi connectivity index (χ2v) is 3.62. The molecule has 0 aliphatic rings. The Labute approximate surface area is 101 Å². The normalized spacial score (nSPS) is 11.1. The molecule has 0 saturated heterocycles. The largest absolute Gasteiger partial charge is 0.280 e. The minimum Gasteiger partial charge on any atom is -0.229 e. The third kappa shape index (κ3) is 2.15. The molecule has 0 amide bonds. The first-order valence-electron chi connectivity index (χ1n) is 4.81. The number of rotatable bonds is 3. The molecule has 6 heteroatoms. The van der Waals surface area contributed by atoms with Crippen molar-refractivity contribution < 1.29 is 13.2 Å². The lowest BCUT2D eigenvalue weighted by molar-refractivity contribution is 0.142. The molecule has 0 saturated carbocycles. The van der Waals surface area contributed by atoms with Crippen LogP contribution in [0.2, 0.25) is 0 Å². The van der Waals surface area contributed by atoms with Gasteiger partial charge in [-0.1, -0.05) is 12.1 Å². The van der Waals surface area contributed by atoms with Crippen molar-refractivity contribution in [1.29, 1.82) is 0 Å². The lowest BCUT2D eigenvalue weighted by atomic mass is 10.2. The van der Waals surface area contributed by atoms with Crippen molar-refractivity contribution in [3.63, 3.8) is 0 Å². The van der Waals surface area contributed by atoms with E-state index in [1.54, 1.807) is 6.07 Å². The van der Waals surface area contributed by atoms with Gasteiger partial charge in [-0.2, -0.15) is 5.10 Å². The molecule has 0 fully saturated rings. The fraction of sp³-hybridized carbons (Fsp3) is 0.182. The summed E-state index contributed by atoms with van der Waals surface area (Å²) in [5.74, 6) is -0.702. The summed E-state index contributed by atoms with van der Waals surface area (Å²) in [7, 11) is 0. The Morgan fingerprint density at radius 3 is 2.59 bits per heavy atom. The zero-order valence-electron chi connectivity index (χ0n) is 8.58. The van der Waals surface area contributed by atoms with Crippen molar-refractivity contribution in [3.05, 3.63) is 47.5 Å². The van der Waals surface area contributed by atoms with Gasteiger partial charge in [0.1, 0.15) is 17.2 Å². The molecule has 2 rings (SSSR count). The van der Waals surface area contributed by atoms with Gasteiger partial charge in [-0.15, -0.1) is 11.6 Å². The molecule has 17 heavy (non-hydrogen) atoms. The monoisotopic (exact) mass is 260 g/mol. The maximum absolute atomic E-state index is 13.5. The van der Waals surface area contributed by atoms with Crippen LogP contribution in [0.3, 0.4) is 0 Å². The van der Waals surface area contributed by atoms with Gasteiger partial charge in [0.25, 0.3) is 6.43 Å². The van der Waals surface area contributed by atoms with Crippen LogP contribution >= 0.6 is 11.6 Å². The van der Waals surface area contributed by atoms with E-state index >= 15 is 0 Å². The maximum Gasteiger partial charge on any atom is 0.280 e. The Balaban J connectivity index is 2.60. The number of hydrogen-bond acceptors (Lipinski definition) is 1. The van der Waals surface area contributed by atoms with Crippen molar-refractivity contribution in [2.24, 2.45) is 0 Å². The van der Waals surface area contributed by atoms with Gasteiger partial charge < -0.3 is 0 Å². The van der Waals surface area contributed by atoms with E-state index in [4.69, 9.17) is 11.6 Å². The van der Waals surface area contributed by atoms with Crippen LogP contribution in [0.1, 0.15) is 17.7 Å². The van der Waals surface area contributed by atoms with E-state index in [0.717, 1.165) is 4.68 Å². The summed E-state index contributed by atoms with van der Waals surface area (Å²) in [5, 5.41) is 3.75. The van der Waals surface area contributed by atoms with E-state index in [-0.39, 0.29) is 22.8 Å². The maximum atomic E-state index is 13.5. The lowest BCUT2D eigenvalue weighted by Gasteiger charge is -2.08. The zero-order chi connectivity index (χ0) is 12.4. The predicted molar refractivity (Wildman–Crippen MR) is 58.0 cm³/mol. The van der Waals surface area contributed by atoms with Crippen molar-refractivity contribution in [2.45, 2.75) is 12.3 Å². The molecular weight excluding hydrogens is 253 g/mol. The minimum atomic E-state index is -2.76. The molecule has 2 aromatic rings. The number of halogens is 4. The van der Waals surface area contributed by atoms with Crippen molar-refractivity contribution in [3.8, 4) is 5.69 Å². The highest BCUT2D eigenvalue weighted by atomic mass is 35.5.